The third kappa shape index (κ3) is 3.67. The molecule has 2 aromatic carbocycles. The van der Waals surface area contributed by atoms with Crippen LogP contribution in [0.1, 0.15) is 53.6 Å². The normalized spacial score (nSPS) is 22.7. The van der Waals surface area contributed by atoms with Crippen molar-refractivity contribution in [1.29, 1.82) is 0 Å². The van der Waals surface area contributed by atoms with Gasteiger partial charge < -0.3 is 4.57 Å². The zero-order valence-electron chi connectivity index (χ0n) is 21.2. The molecule has 0 radical (unpaired) electrons. The Balaban J connectivity index is 1.11. The molecule has 0 amide bonds. The predicted octanol–water partition coefficient (Wildman–Crippen LogP) is 5.62. The Bertz CT molecular complexity index is 1820. The summed E-state index contributed by atoms with van der Waals surface area (Å²) in [4.78, 5) is 18.5. The number of allylic oxidation sites excluding steroid dienone is 2. The summed E-state index contributed by atoms with van der Waals surface area (Å²) in [5.74, 6) is 0.835. The lowest BCUT2D eigenvalue weighted by molar-refractivity contribution is 0.524. The van der Waals surface area contributed by atoms with Crippen LogP contribution in [0.5, 0.6) is 0 Å². The molecule has 0 N–H and O–H groups in total. The van der Waals surface area contributed by atoms with Crippen LogP contribution >= 0.6 is 11.6 Å². The molecule has 2 aliphatic heterocycles. The van der Waals surface area contributed by atoms with E-state index in [-0.39, 0.29) is 11.6 Å². The van der Waals surface area contributed by atoms with Crippen LogP contribution in [0.3, 0.4) is 0 Å². The van der Waals surface area contributed by atoms with Crippen LogP contribution in [0, 0.1) is 5.92 Å². The van der Waals surface area contributed by atoms with E-state index in [2.05, 4.69) is 46.4 Å². The van der Waals surface area contributed by atoms with E-state index in [9.17, 15) is 4.79 Å². The second-order valence-corrected chi connectivity index (χ2v) is 11.5. The maximum absolute atomic E-state index is 13.7. The highest BCUT2D eigenvalue weighted by molar-refractivity contribution is 6.31. The number of hydrogen-bond acceptors (Lipinski definition) is 5. The number of aryl methyl sites for hydroxylation is 1. The van der Waals surface area contributed by atoms with Crippen molar-refractivity contribution in [3.8, 4) is 16.8 Å². The van der Waals surface area contributed by atoms with Gasteiger partial charge in [-0.3, -0.25) is 9.79 Å². The Hall–Kier alpha value is -4.10. The number of fused-ring (bicyclic) bond motifs is 4. The fourth-order valence-electron chi connectivity index (χ4n) is 6.77. The summed E-state index contributed by atoms with van der Waals surface area (Å²) in [5.41, 5.74) is 11.2. The average Bonchev–Trinajstić information content (AvgIpc) is 3.28. The van der Waals surface area contributed by atoms with Crippen molar-refractivity contribution in [3.05, 3.63) is 117 Å². The molecule has 7 nitrogen and oxygen atoms in total. The highest BCUT2D eigenvalue weighted by Crippen LogP contribution is 2.61. The van der Waals surface area contributed by atoms with Crippen molar-refractivity contribution in [2.24, 2.45) is 10.9 Å². The van der Waals surface area contributed by atoms with E-state index >= 15 is 0 Å². The zero-order chi connectivity index (χ0) is 26.2. The van der Waals surface area contributed by atoms with Crippen LogP contribution in [0.4, 0.5) is 0 Å². The van der Waals surface area contributed by atoms with Crippen molar-refractivity contribution in [1.82, 2.24) is 24.8 Å². The van der Waals surface area contributed by atoms with Gasteiger partial charge in [-0.2, -0.15) is 4.68 Å². The minimum atomic E-state index is 0.00528. The van der Waals surface area contributed by atoms with Gasteiger partial charge in [0.1, 0.15) is 6.33 Å². The first-order valence-electron chi connectivity index (χ1n) is 13.4. The van der Waals surface area contributed by atoms with Crippen LogP contribution < -0.4 is 5.56 Å². The number of pyridine rings is 1. The fourth-order valence-corrected chi connectivity index (χ4v) is 6.94. The standard InChI is InChI=1S/C31H25ClN6O/c1-17-2-3-19-9-20(5-4-18(19)8-17)27-10-22(15-33-27)31-26-14-25(26)29-11-21(12-30(39)38(29)31)24-13-23(32)6-7-28(24)37-16-34-35-36-37/h4-7,9,11-13,15-16,25-26,31H,1-3,8,10,14H2. The number of halogens is 1. The SMILES string of the molecule is C=C1CCc2cc(C3=NC=C(C4C5CC5c5cc(-c6cc(Cl)ccc6-n6cnnn6)cc(=O)n54)C3)ccc2C1. The highest BCUT2D eigenvalue weighted by Gasteiger charge is 2.54. The van der Waals surface area contributed by atoms with Gasteiger partial charge in [-0.25, -0.2) is 0 Å². The summed E-state index contributed by atoms with van der Waals surface area (Å²) in [6, 6.07) is 16.2. The molecule has 4 aliphatic rings. The third-order valence-electron chi connectivity index (χ3n) is 8.73. The lowest BCUT2D eigenvalue weighted by Crippen LogP contribution is -2.26. The minimum Gasteiger partial charge on any atom is -0.305 e. The van der Waals surface area contributed by atoms with Gasteiger partial charge in [0.25, 0.3) is 5.56 Å². The fraction of sp³-hybridized carbons (Fsp3) is 0.258. The third-order valence-corrected chi connectivity index (χ3v) is 8.97. The average molecular weight is 533 g/mol. The molecule has 0 saturated heterocycles. The first-order chi connectivity index (χ1) is 19.0. The molecular weight excluding hydrogens is 508 g/mol. The topological polar surface area (TPSA) is 78.0 Å². The summed E-state index contributed by atoms with van der Waals surface area (Å²) >= 11 is 6.37. The molecule has 192 valence electrons. The predicted molar refractivity (Wildman–Crippen MR) is 151 cm³/mol. The van der Waals surface area contributed by atoms with Gasteiger partial charge in [0.05, 0.1) is 17.4 Å². The molecule has 4 heterocycles. The number of nitrogens with zero attached hydrogens (tertiary/aromatic N) is 6. The first-order valence-corrected chi connectivity index (χ1v) is 13.8. The van der Waals surface area contributed by atoms with Crippen LogP contribution in [-0.2, 0) is 12.8 Å². The summed E-state index contributed by atoms with van der Waals surface area (Å²) < 4.78 is 3.60. The summed E-state index contributed by atoms with van der Waals surface area (Å²) in [5, 5.41) is 12.2. The second-order valence-electron chi connectivity index (χ2n) is 11.1. The Morgan fingerprint density at radius 3 is 2.77 bits per heavy atom. The molecule has 2 aromatic heterocycles. The molecule has 1 saturated carbocycles. The van der Waals surface area contributed by atoms with E-state index in [1.54, 1.807) is 23.1 Å². The van der Waals surface area contributed by atoms with E-state index < -0.39 is 0 Å². The van der Waals surface area contributed by atoms with E-state index in [4.69, 9.17) is 16.6 Å². The number of aliphatic imine (C=N–C) groups is 1. The van der Waals surface area contributed by atoms with E-state index in [0.717, 1.165) is 60.3 Å². The minimum absolute atomic E-state index is 0.00528. The number of aromatic nitrogens is 5. The lowest BCUT2D eigenvalue weighted by atomic mass is 9.86. The molecule has 3 atom stereocenters. The van der Waals surface area contributed by atoms with Crippen molar-refractivity contribution < 1.29 is 0 Å². The van der Waals surface area contributed by atoms with E-state index in [0.29, 0.717) is 16.9 Å². The van der Waals surface area contributed by atoms with Gasteiger partial charge in [-0.05, 0) is 100 Å². The van der Waals surface area contributed by atoms with E-state index in [1.807, 2.05) is 22.9 Å². The number of tetrazole rings is 1. The van der Waals surface area contributed by atoms with Gasteiger partial charge in [-0.1, -0.05) is 35.9 Å². The molecule has 39 heavy (non-hydrogen) atoms. The number of rotatable bonds is 4. The Morgan fingerprint density at radius 2 is 1.90 bits per heavy atom. The summed E-state index contributed by atoms with van der Waals surface area (Å²) in [6.45, 7) is 4.17. The largest absolute Gasteiger partial charge is 0.305 e. The maximum Gasteiger partial charge on any atom is 0.251 e. The molecule has 8 heteroatoms. The van der Waals surface area contributed by atoms with Crippen molar-refractivity contribution >= 4 is 17.3 Å². The Labute approximate surface area is 230 Å². The van der Waals surface area contributed by atoms with Crippen LogP contribution in [0.25, 0.3) is 16.8 Å². The summed E-state index contributed by atoms with van der Waals surface area (Å²) in [7, 11) is 0. The van der Waals surface area contributed by atoms with Crippen molar-refractivity contribution in [2.45, 2.75) is 44.1 Å². The van der Waals surface area contributed by atoms with Gasteiger partial charge >= 0.3 is 0 Å². The number of benzene rings is 2. The zero-order valence-corrected chi connectivity index (χ0v) is 22.0. The van der Waals surface area contributed by atoms with Gasteiger partial charge in [-0.15, -0.1) is 5.10 Å². The maximum atomic E-state index is 13.7. The van der Waals surface area contributed by atoms with Crippen LogP contribution in [-0.4, -0.2) is 30.5 Å². The number of hydrogen-bond donors (Lipinski definition) is 0. The van der Waals surface area contributed by atoms with Crippen LogP contribution in [0.2, 0.25) is 5.02 Å². The lowest BCUT2D eigenvalue weighted by Gasteiger charge is -2.21. The molecule has 4 aromatic rings. The van der Waals surface area contributed by atoms with Crippen molar-refractivity contribution in [3.63, 3.8) is 0 Å². The first kappa shape index (κ1) is 22.8. The molecule has 1 fully saturated rings. The molecular formula is C31H25ClN6O. The molecule has 2 aliphatic carbocycles. The van der Waals surface area contributed by atoms with Gasteiger partial charge in [0, 0.05) is 40.9 Å². The highest BCUT2D eigenvalue weighted by atomic mass is 35.5. The Kier molecular flexibility index (Phi) is 4.95. The van der Waals surface area contributed by atoms with Gasteiger partial charge in [0.15, 0.2) is 0 Å². The molecule has 0 bridgehead atoms. The monoisotopic (exact) mass is 532 g/mol. The smallest absolute Gasteiger partial charge is 0.251 e. The molecule has 0 spiro atoms. The quantitative estimate of drug-likeness (QED) is 0.319. The Morgan fingerprint density at radius 1 is 0.974 bits per heavy atom. The second kappa shape index (κ2) is 8.45. The molecule has 8 rings (SSSR count). The summed E-state index contributed by atoms with van der Waals surface area (Å²) in [6.07, 6.45) is 8.52. The van der Waals surface area contributed by atoms with E-state index in [1.165, 1.54) is 27.8 Å². The molecule has 3 unspecified atom stereocenters. The van der Waals surface area contributed by atoms with Gasteiger partial charge in [0.2, 0.25) is 0 Å². The van der Waals surface area contributed by atoms with Crippen molar-refractivity contribution in [2.75, 3.05) is 0 Å². The van der Waals surface area contributed by atoms with Crippen LogP contribution in [0.15, 0.2) is 88.6 Å².